The lowest BCUT2D eigenvalue weighted by molar-refractivity contribution is 0.103. The molecule has 2 aromatic rings. The summed E-state index contributed by atoms with van der Waals surface area (Å²) in [5, 5.41) is 3.57. The number of hydrogen-bond acceptors (Lipinski definition) is 6. The Morgan fingerprint density at radius 2 is 2.21 bits per heavy atom. The van der Waals surface area contributed by atoms with Crippen LogP contribution in [0.3, 0.4) is 0 Å². The first-order chi connectivity index (χ1) is 13.5. The van der Waals surface area contributed by atoms with Crippen LogP contribution in [0.5, 0.6) is 0 Å². The summed E-state index contributed by atoms with van der Waals surface area (Å²) in [6.07, 6.45) is 2.67. The fourth-order valence-electron chi connectivity index (χ4n) is 3.53. The van der Waals surface area contributed by atoms with Gasteiger partial charge in [0.25, 0.3) is 0 Å². The van der Waals surface area contributed by atoms with E-state index < -0.39 is 0 Å². The maximum atomic E-state index is 13.1. The second-order valence-corrected chi connectivity index (χ2v) is 7.43. The van der Waals surface area contributed by atoms with Gasteiger partial charge in [0, 0.05) is 31.9 Å². The lowest BCUT2D eigenvalue weighted by Gasteiger charge is -2.35. The summed E-state index contributed by atoms with van der Waals surface area (Å²) in [5.74, 6) is 7.22. The van der Waals surface area contributed by atoms with Gasteiger partial charge in [0.1, 0.15) is 17.3 Å². The van der Waals surface area contributed by atoms with E-state index in [1.807, 2.05) is 12.1 Å². The Hall–Kier alpha value is -2.91. The summed E-state index contributed by atoms with van der Waals surface area (Å²) in [5.41, 5.74) is 7.19. The maximum Gasteiger partial charge on any atom is 0.216 e. The van der Waals surface area contributed by atoms with Gasteiger partial charge < -0.3 is 16.0 Å². The standard InChI is InChI=1S/C22H27N5O/c1-4-6-16-8-9-19(27-12-11-24-17(14-27)13-15(2)3)26-20(16)21(28)18-7-5-10-25-22(18)23/h5,7-10,15,17,24H,11-14H2,1-3H3,(H2,23,25)/t17-/m0/s1. The molecule has 1 saturated heterocycles. The molecule has 1 aliphatic heterocycles. The van der Waals surface area contributed by atoms with E-state index in [4.69, 9.17) is 10.7 Å². The fraction of sp³-hybridized carbons (Fsp3) is 0.409. The Morgan fingerprint density at radius 3 is 2.93 bits per heavy atom. The highest BCUT2D eigenvalue weighted by atomic mass is 16.1. The first-order valence-corrected chi connectivity index (χ1v) is 9.67. The van der Waals surface area contributed by atoms with Gasteiger partial charge in [0.05, 0.1) is 11.1 Å². The van der Waals surface area contributed by atoms with Crippen molar-refractivity contribution >= 4 is 17.4 Å². The van der Waals surface area contributed by atoms with Crippen LogP contribution < -0.4 is 16.0 Å². The number of nitrogen functional groups attached to an aromatic ring is 1. The van der Waals surface area contributed by atoms with Crippen molar-refractivity contribution in [3.05, 3.63) is 47.3 Å². The molecule has 0 amide bonds. The summed E-state index contributed by atoms with van der Waals surface area (Å²) >= 11 is 0. The Kier molecular flexibility index (Phi) is 6.27. The summed E-state index contributed by atoms with van der Waals surface area (Å²) in [6, 6.07) is 7.61. The molecule has 0 radical (unpaired) electrons. The largest absolute Gasteiger partial charge is 0.383 e. The van der Waals surface area contributed by atoms with E-state index in [9.17, 15) is 4.79 Å². The van der Waals surface area contributed by atoms with Crippen LogP contribution in [0.1, 0.15) is 48.8 Å². The zero-order chi connectivity index (χ0) is 20.1. The third-order valence-corrected chi connectivity index (χ3v) is 4.77. The van der Waals surface area contributed by atoms with Crippen LogP contribution in [0.4, 0.5) is 11.6 Å². The molecule has 1 aliphatic rings. The van der Waals surface area contributed by atoms with Gasteiger partial charge in [-0.25, -0.2) is 9.97 Å². The SMILES string of the molecule is CC#Cc1ccc(N2CCN[C@@H](CC(C)C)C2)nc1C(=O)c1cccnc1N. The van der Waals surface area contributed by atoms with Crippen molar-refractivity contribution in [2.24, 2.45) is 5.92 Å². The zero-order valence-electron chi connectivity index (χ0n) is 16.7. The Morgan fingerprint density at radius 1 is 1.39 bits per heavy atom. The fourth-order valence-corrected chi connectivity index (χ4v) is 3.53. The van der Waals surface area contributed by atoms with Crippen molar-refractivity contribution in [1.29, 1.82) is 0 Å². The predicted octanol–water partition coefficient (Wildman–Crippen LogP) is 2.49. The first-order valence-electron chi connectivity index (χ1n) is 9.67. The number of nitrogens with zero attached hydrogens (tertiary/aromatic N) is 3. The molecule has 0 spiro atoms. The van der Waals surface area contributed by atoms with E-state index in [2.05, 4.69) is 40.9 Å². The van der Waals surface area contributed by atoms with Crippen LogP contribution in [-0.2, 0) is 0 Å². The molecule has 3 heterocycles. The van der Waals surface area contributed by atoms with Crippen LogP contribution in [0.2, 0.25) is 0 Å². The average Bonchev–Trinajstić information content (AvgIpc) is 2.68. The topological polar surface area (TPSA) is 84.1 Å². The quantitative estimate of drug-likeness (QED) is 0.615. The summed E-state index contributed by atoms with van der Waals surface area (Å²) in [7, 11) is 0. The monoisotopic (exact) mass is 377 g/mol. The first kappa shape index (κ1) is 19.8. The molecule has 2 aromatic heterocycles. The number of rotatable bonds is 5. The van der Waals surface area contributed by atoms with Gasteiger partial charge in [0.2, 0.25) is 5.78 Å². The molecule has 0 aliphatic carbocycles. The normalized spacial score (nSPS) is 16.6. The van der Waals surface area contributed by atoms with E-state index in [1.165, 1.54) is 0 Å². The van der Waals surface area contributed by atoms with Crippen molar-refractivity contribution in [3.8, 4) is 11.8 Å². The minimum absolute atomic E-state index is 0.203. The van der Waals surface area contributed by atoms with E-state index in [0.29, 0.717) is 28.8 Å². The zero-order valence-corrected chi connectivity index (χ0v) is 16.7. The van der Waals surface area contributed by atoms with Crippen LogP contribution in [0.25, 0.3) is 0 Å². The molecule has 6 nitrogen and oxygen atoms in total. The minimum atomic E-state index is -0.251. The molecular formula is C22H27N5O. The highest BCUT2D eigenvalue weighted by Crippen LogP contribution is 2.21. The third-order valence-electron chi connectivity index (χ3n) is 4.77. The number of nitrogens with two attached hydrogens (primary N) is 1. The van der Waals surface area contributed by atoms with E-state index >= 15 is 0 Å². The van der Waals surface area contributed by atoms with Crippen LogP contribution in [0, 0.1) is 17.8 Å². The van der Waals surface area contributed by atoms with Crippen molar-refractivity contribution < 1.29 is 4.79 Å². The molecule has 28 heavy (non-hydrogen) atoms. The van der Waals surface area contributed by atoms with Crippen LogP contribution >= 0.6 is 0 Å². The number of carbonyl (C=O) groups excluding carboxylic acids is 1. The molecule has 6 heteroatoms. The Bertz CT molecular complexity index is 913. The molecule has 1 fully saturated rings. The number of hydrogen-bond donors (Lipinski definition) is 2. The number of piperazine rings is 1. The summed E-state index contributed by atoms with van der Waals surface area (Å²) in [4.78, 5) is 24.1. The molecular weight excluding hydrogens is 350 g/mol. The maximum absolute atomic E-state index is 13.1. The lowest BCUT2D eigenvalue weighted by Crippen LogP contribution is -2.51. The molecule has 3 N–H and O–H groups in total. The number of pyridine rings is 2. The number of aromatic nitrogens is 2. The molecule has 0 unspecified atom stereocenters. The number of ketones is 1. The second-order valence-electron chi connectivity index (χ2n) is 7.43. The van der Waals surface area contributed by atoms with Gasteiger partial charge in [-0.05, 0) is 43.5 Å². The smallest absolute Gasteiger partial charge is 0.216 e. The summed E-state index contributed by atoms with van der Waals surface area (Å²) in [6.45, 7) is 8.82. The Labute approximate surface area is 166 Å². The van der Waals surface area contributed by atoms with E-state index in [0.717, 1.165) is 31.9 Å². The van der Waals surface area contributed by atoms with Crippen molar-refractivity contribution in [2.75, 3.05) is 30.3 Å². The molecule has 0 bridgehead atoms. The minimum Gasteiger partial charge on any atom is -0.383 e. The van der Waals surface area contributed by atoms with Gasteiger partial charge in [-0.3, -0.25) is 4.79 Å². The van der Waals surface area contributed by atoms with Gasteiger partial charge in [-0.15, -0.1) is 5.92 Å². The third kappa shape index (κ3) is 4.49. The molecule has 0 aromatic carbocycles. The number of nitrogens with one attached hydrogen (secondary N) is 1. The van der Waals surface area contributed by atoms with E-state index in [-0.39, 0.29) is 11.6 Å². The van der Waals surface area contributed by atoms with Gasteiger partial charge in [0.15, 0.2) is 0 Å². The van der Waals surface area contributed by atoms with Crippen molar-refractivity contribution in [2.45, 2.75) is 33.2 Å². The van der Waals surface area contributed by atoms with Crippen LogP contribution in [0.15, 0.2) is 30.5 Å². The molecule has 0 saturated carbocycles. The Balaban J connectivity index is 1.94. The van der Waals surface area contributed by atoms with Crippen LogP contribution in [-0.4, -0.2) is 41.4 Å². The van der Waals surface area contributed by atoms with Gasteiger partial charge in [-0.2, -0.15) is 0 Å². The van der Waals surface area contributed by atoms with E-state index in [1.54, 1.807) is 25.3 Å². The average molecular weight is 377 g/mol. The number of carbonyl (C=O) groups is 1. The molecule has 1 atom stereocenters. The predicted molar refractivity (Wildman–Crippen MR) is 112 cm³/mol. The molecule has 146 valence electrons. The number of anilines is 2. The van der Waals surface area contributed by atoms with Gasteiger partial charge in [-0.1, -0.05) is 19.8 Å². The van der Waals surface area contributed by atoms with Gasteiger partial charge >= 0.3 is 0 Å². The highest BCUT2D eigenvalue weighted by Gasteiger charge is 2.24. The second kappa shape index (κ2) is 8.85. The van der Waals surface area contributed by atoms with Crippen molar-refractivity contribution in [1.82, 2.24) is 15.3 Å². The summed E-state index contributed by atoms with van der Waals surface area (Å²) < 4.78 is 0. The lowest BCUT2D eigenvalue weighted by atomic mass is 10.0. The van der Waals surface area contributed by atoms with Crippen molar-refractivity contribution in [3.63, 3.8) is 0 Å². The molecule has 3 rings (SSSR count). The highest BCUT2D eigenvalue weighted by molar-refractivity contribution is 6.11.